The first-order chi connectivity index (χ1) is 17.8. The number of amides is 2. The Morgan fingerprint density at radius 3 is 2.53 bits per heavy atom. The highest BCUT2D eigenvalue weighted by molar-refractivity contribution is 6.31. The van der Waals surface area contributed by atoms with E-state index >= 15 is 4.39 Å². The third kappa shape index (κ3) is 3.81. The van der Waals surface area contributed by atoms with E-state index in [9.17, 15) is 27.2 Å². The SMILES string of the molecule is C=Cc1c2cc(-c3c(F)cc(C(F)(F)F)cc3C(N)=O)c3c(c2nn1C)C(=O)NC3c1cc(F)ccc1Cl. The molecule has 4 aromatic rings. The van der Waals surface area contributed by atoms with Gasteiger partial charge in [0, 0.05) is 34.1 Å². The minimum atomic E-state index is -4.97. The van der Waals surface area contributed by atoms with Gasteiger partial charge in [-0.15, -0.1) is 0 Å². The van der Waals surface area contributed by atoms with E-state index in [2.05, 4.69) is 17.0 Å². The molecule has 1 atom stereocenters. The van der Waals surface area contributed by atoms with E-state index < -0.39 is 52.4 Å². The van der Waals surface area contributed by atoms with Crippen LogP contribution in [0.2, 0.25) is 5.02 Å². The Bertz CT molecular complexity index is 1710. The second-order valence-electron chi connectivity index (χ2n) is 8.64. The summed E-state index contributed by atoms with van der Waals surface area (Å²) in [6.45, 7) is 3.72. The lowest BCUT2D eigenvalue weighted by Gasteiger charge is -2.20. The molecule has 0 spiro atoms. The van der Waals surface area contributed by atoms with Gasteiger partial charge in [0.1, 0.15) is 17.2 Å². The van der Waals surface area contributed by atoms with E-state index in [1.54, 1.807) is 7.05 Å². The number of halogens is 6. The number of carbonyl (C=O) groups excluding carboxylic acids is 2. The van der Waals surface area contributed by atoms with Crippen LogP contribution in [0.1, 0.15) is 49.1 Å². The number of alkyl halides is 3. The van der Waals surface area contributed by atoms with Crippen LogP contribution in [0, 0.1) is 11.6 Å². The van der Waals surface area contributed by atoms with Crippen molar-refractivity contribution in [2.45, 2.75) is 12.2 Å². The fourth-order valence-electron chi connectivity index (χ4n) is 4.83. The first kappa shape index (κ1) is 25.4. The Hall–Kier alpha value is -4.25. The van der Waals surface area contributed by atoms with Crippen molar-refractivity contribution in [3.63, 3.8) is 0 Å². The van der Waals surface area contributed by atoms with Gasteiger partial charge in [0.05, 0.1) is 28.4 Å². The number of fused-ring (bicyclic) bond motifs is 3. The lowest BCUT2D eigenvalue weighted by molar-refractivity contribution is -0.137. The smallest absolute Gasteiger partial charge is 0.366 e. The second-order valence-corrected chi connectivity index (χ2v) is 9.04. The van der Waals surface area contributed by atoms with Crippen LogP contribution in [0.15, 0.2) is 43.0 Å². The Balaban J connectivity index is 1.96. The van der Waals surface area contributed by atoms with Gasteiger partial charge in [-0.1, -0.05) is 18.2 Å². The average molecular weight is 547 g/mol. The summed E-state index contributed by atoms with van der Waals surface area (Å²) in [6, 6.07) is 4.35. The molecule has 38 heavy (non-hydrogen) atoms. The molecule has 0 saturated carbocycles. The van der Waals surface area contributed by atoms with Gasteiger partial charge >= 0.3 is 6.18 Å². The molecule has 2 amide bonds. The third-order valence-corrected chi connectivity index (χ3v) is 6.76. The molecule has 2 heterocycles. The molecule has 6 nitrogen and oxygen atoms in total. The molecule has 0 aliphatic carbocycles. The zero-order chi connectivity index (χ0) is 27.7. The maximum absolute atomic E-state index is 15.6. The summed E-state index contributed by atoms with van der Waals surface area (Å²) in [4.78, 5) is 25.6. The van der Waals surface area contributed by atoms with Crippen molar-refractivity contribution in [2.24, 2.45) is 12.8 Å². The molecule has 1 aliphatic rings. The molecule has 194 valence electrons. The predicted octanol–water partition coefficient (Wildman–Crippen LogP) is 5.77. The van der Waals surface area contributed by atoms with Crippen molar-refractivity contribution in [1.29, 1.82) is 0 Å². The van der Waals surface area contributed by atoms with Crippen molar-refractivity contribution in [2.75, 3.05) is 0 Å². The lowest BCUT2D eigenvalue weighted by Crippen LogP contribution is -2.21. The van der Waals surface area contributed by atoms with Crippen LogP contribution in [0.3, 0.4) is 0 Å². The molecule has 1 unspecified atom stereocenters. The summed E-state index contributed by atoms with van der Waals surface area (Å²) in [5.74, 6) is -4.08. The zero-order valence-electron chi connectivity index (χ0n) is 19.4. The summed E-state index contributed by atoms with van der Waals surface area (Å²) in [7, 11) is 1.57. The van der Waals surface area contributed by atoms with E-state index in [0.29, 0.717) is 17.1 Å². The third-order valence-electron chi connectivity index (χ3n) is 6.42. The van der Waals surface area contributed by atoms with Crippen LogP contribution < -0.4 is 11.1 Å². The number of nitrogens with zero attached hydrogens (tertiary/aromatic N) is 2. The first-order valence-electron chi connectivity index (χ1n) is 11.0. The number of hydrogen-bond acceptors (Lipinski definition) is 3. The summed E-state index contributed by atoms with van der Waals surface area (Å²) in [5, 5.41) is 7.42. The van der Waals surface area contributed by atoms with E-state index in [-0.39, 0.29) is 38.9 Å². The van der Waals surface area contributed by atoms with Crippen LogP contribution in [-0.2, 0) is 13.2 Å². The molecule has 1 aromatic heterocycles. The van der Waals surface area contributed by atoms with Gasteiger partial charge in [0.2, 0.25) is 5.91 Å². The maximum atomic E-state index is 15.6. The standard InChI is InChI=1S/C26H16ClF5N4O2/c1-3-18-13-9-14(19-15(24(33)37)6-10(7-17(19)29)26(30,31)32)20-21(23(13)35-36(18)2)25(38)34-22(20)12-8-11(28)4-5-16(12)27/h3-9,22H,1H2,2H3,(H2,33,37)(H,34,38). The van der Waals surface area contributed by atoms with Gasteiger partial charge in [-0.05, 0) is 48.0 Å². The molecule has 0 bridgehead atoms. The minimum absolute atomic E-state index is 0.0405. The summed E-state index contributed by atoms with van der Waals surface area (Å²) < 4.78 is 71.5. The van der Waals surface area contributed by atoms with Gasteiger partial charge in [-0.2, -0.15) is 18.3 Å². The van der Waals surface area contributed by atoms with Gasteiger partial charge in [0.15, 0.2) is 0 Å². The molecule has 0 saturated heterocycles. The molecule has 1 aliphatic heterocycles. The Kier molecular flexibility index (Phi) is 5.79. The Morgan fingerprint density at radius 2 is 1.89 bits per heavy atom. The van der Waals surface area contributed by atoms with Crippen molar-refractivity contribution >= 4 is 40.4 Å². The fraction of sp³-hybridized carbons (Fsp3) is 0.115. The minimum Gasteiger partial charge on any atom is -0.366 e. The first-order valence-corrected chi connectivity index (χ1v) is 11.3. The maximum Gasteiger partial charge on any atom is 0.416 e. The van der Waals surface area contributed by atoms with Gasteiger partial charge in [-0.3, -0.25) is 14.3 Å². The zero-order valence-corrected chi connectivity index (χ0v) is 20.1. The molecular formula is C26H16ClF5N4O2. The molecule has 0 radical (unpaired) electrons. The summed E-state index contributed by atoms with van der Waals surface area (Å²) in [5.41, 5.74) is 3.26. The number of carbonyl (C=O) groups is 2. The molecule has 12 heteroatoms. The van der Waals surface area contributed by atoms with Crippen LogP contribution >= 0.6 is 11.6 Å². The number of aryl methyl sites for hydroxylation is 1. The van der Waals surface area contributed by atoms with Crippen molar-refractivity contribution in [3.05, 3.63) is 93.1 Å². The molecular weight excluding hydrogens is 531 g/mol. The monoisotopic (exact) mass is 546 g/mol. The molecule has 3 aromatic carbocycles. The van der Waals surface area contributed by atoms with E-state index in [1.165, 1.54) is 22.9 Å². The number of rotatable bonds is 4. The predicted molar refractivity (Wildman–Crippen MR) is 130 cm³/mol. The highest BCUT2D eigenvalue weighted by atomic mass is 35.5. The Morgan fingerprint density at radius 1 is 1.18 bits per heavy atom. The largest absolute Gasteiger partial charge is 0.416 e. The van der Waals surface area contributed by atoms with Crippen molar-refractivity contribution in [3.8, 4) is 11.1 Å². The number of aromatic nitrogens is 2. The average Bonchev–Trinajstić information content (AvgIpc) is 3.34. The molecule has 3 N–H and O–H groups in total. The van der Waals surface area contributed by atoms with Gasteiger partial charge < -0.3 is 11.1 Å². The Labute approximate surface area is 216 Å². The summed E-state index contributed by atoms with van der Waals surface area (Å²) >= 11 is 6.32. The van der Waals surface area contributed by atoms with E-state index in [1.807, 2.05) is 0 Å². The van der Waals surface area contributed by atoms with Crippen LogP contribution in [0.4, 0.5) is 22.0 Å². The van der Waals surface area contributed by atoms with Crippen LogP contribution in [0.25, 0.3) is 28.1 Å². The number of hydrogen-bond donors (Lipinski definition) is 2. The summed E-state index contributed by atoms with van der Waals surface area (Å²) in [6.07, 6.45) is -3.54. The van der Waals surface area contributed by atoms with Gasteiger partial charge in [-0.25, -0.2) is 8.78 Å². The number of benzene rings is 3. The van der Waals surface area contributed by atoms with Crippen LogP contribution in [-0.4, -0.2) is 21.6 Å². The molecule has 0 fully saturated rings. The van der Waals surface area contributed by atoms with Gasteiger partial charge in [0.25, 0.3) is 5.91 Å². The topological polar surface area (TPSA) is 90.0 Å². The van der Waals surface area contributed by atoms with E-state index in [4.69, 9.17) is 17.3 Å². The molecule has 5 rings (SSSR count). The normalized spacial score (nSPS) is 15.0. The fourth-order valence-corrected chi connectivity index (χ4v) is 5.05. The van der Waals surface area contributed by atoms with Crippen LogP contribution in [0.5, 0.6) is 0 Å². The highest BCUT2D eigenvalue weighted by Gasteiger charge is 2.39. The second kappa shape index (κ2) is 8.66. The quantitative estimate of drug-likeness (QED) is 0.319. The van der Waals surface area contributed by atoms with Crippen molar-refractivity contribution in [1.82, 2.24) is 15.1 Å². The number of primary amides is 1. The number of nitrogens with one attached hydrogen (secondary N) is 1. The lowest BCUT2D eigenvalue weighted by atomic mass is 9.85. The van der Waals surface area contributed by atoms with E-state index in [0.717, 1.165) is 12.1 Å². The highest BCUT2D eigenvalue weighted by Crippen LogP contribution is 2.46. The van der Waals surface area contributed by atoms with Crippen molar-refractivity contribution < 1.29 is 31.5 Å². The number of nitrogens with two attached hydrogens (primary N) is 1.